The number of piperazine rings is 1. The lowest BCUT2D eigenvalue weighted by Crippen LogP contribution is -2.50. The van der Waals surface area contributed by atoms with Crippen LogP contribution in [0.15, 0.2) is 59.5 Å². The van der Waals surface area contributed by atoms with Crippen LogP contribution in [0.25, 0.3) is 6.08 Å². The van der Waals surface area contributed by atoms with Gasteiger partial charge in [0.15, 0.2) is 0 Å². The van der Waals surface area contributed by atoms with Gasteiger partial charge in [-0.2, -0.15) is 0 Å². The second kappa shape index (κ2) is 11.8. The van der Waals surface area contributed by atoms with Gasteiger partial charge in [-0.05, 0) is 49.2 Å². The van der Waals surface area contributed by atoms with Gasteiger partial charge in [-0.25, -0.2) is 13.1 Å². The molecule has 2 aromatic carbocycles. The van der Waals surface area contributed by atoms with Crippen molar-refractivity contribution >= 4 is 27.9 Å². The normalized spacial score (nSPS) is 14.4. The number of aryl methyl sites for hydroxylation is 1. The molecule has 1 aliphatic rings. The third-order valence-electron chi connectivity index (χ3n) is 5.81. The molecule has 9 heteroatoms. The zero-order valence-corrected chi connectivity index (χ0v) is 20.4. The fourth-order valence-electron chi connectivity index (χ4n) is 3.81. The Labute approximate surface area is 201 Å². The number of hydrogen-bond donors (Lipinski definition) is 1. The summed E-state index contributed by atoms with van der Waals surface area (Å²) < 4.78 is 31.8. The summed E-state index contributed by atoms with van der Waals surface area (Å²) in [6.07, 6.45) is 5.18. The van der Waals surface area contributed by atoms with Gasteiger partial charge in [0.2, 0.25) is 21.8 Å². The first-order valence-electron chi connectivity index (χ1n) is 11.2. The van der Waals surface area contributed by atoms with Crippen LogP contribution in [0, 0.1) is 0 Å². The predicted octanol–water partition coefficient (Wildman–Crippen LogP) is 2.31. The lowest BCUT2D eigenvalue weighted by Gasteiger charge is -2.34. The van der Waals surface area contributed by atoms with Crippen molar-refractivity contribution in [2.45, 2.75) is 24.2 Å². The number of ether oxygens (including phenoxy) is 1. The van der Waals surface area contributed by atoms with E-state index in [9.17, 15) is 18.0 Å². The van der Waals surface area contributed by atoms with E-state index in [1.165, 1.54) is 31.9 Å². The number of nitrogens with one attached hydrogen (secondary N) is 1. The number of rotatable bonds is 9. The Morgan fingerprint density at radius 2 is 1.71 bits per heavy atom. The molecule has 1 heterocycles. The van der Waals surface area contributed by atoms with Gasteiger partial charge < -0.3 is 14.5 Å². The Hall–Kier alpha value is -3.17. The Kier molecular flexibility index (Phi) is 8.84. The second-order valence-corrected chi connectivity index (χ2v) is 9.85. The van der Waals surface area contributed by atoms with Gasteiger partial charge in [0.1, 0.15) is 10.6 Å². The van der Waals surface area contributed by atoms with E-state index in [0.29, 0.717) is 38.2 Å². The molecule has 0 aliphatic carbocycles. The van der Waals surface area contributed by atoms with Crippen LogP contribution in [0.2, 0.25) is 0 Å². The van der Waals surface area contributed by atoms with E-state index in [1.807, 2.05) is 23.1 Å². The van der Waals surface area contributed by atoms with Crippen LogP contribution in [0.4, 0.5) is 0 Å². The van der Waals surface area contributed by atoms with Gasteiger partial charge in [0.05, 0.1) is 7.11 Å². The topological polar surface area (TPSA) is 96.0 Å². The zero-order chi connectivity index (χ0) is 24.6. The molecule has 0 saturated carbocycles. The molecule has 182 valence electrons. The lowest BCUT2D eigenvalue weighted by atomic mass is 10.1. The summed E-state index contributed by atoms with van der Waals surface area (Å²) in [4.78, 5) is 28.6. The second-order valence-electron chi connectivity index (χ2n) is 8.00. The van der Waals surface area contributed by atoms with Crippen LogP contribution < -0.4 is 9.46 Å². The number of amides is 2. The highest BCUT2D eigenvalue weighted by atomic mass is 32.2. The highest BCUT2D eigenvalue weighted by Gasteiger charge is 2.23. The summed E-state index contributed by atoms with van der Waals surface area (Å²) in [6, 6.07) is 14.8. The number of sulfonamides is 1. The van der Waals surface area contributed by atoms with Crippen LogP contribution >= 0.6 is 0 Å². The molecule has 8 nitrogen and oxygen atoms in total. The third-order valence-corrected chi connectivity index (χ3v) is 7.24. The van der Waals surface area contributed by atoms with E-state index < -0.39 is 10.0 Å². The van der Waals surface area contributed by atoms with Gasteiger partial charge >= 0.3 is 0 Å². The first kappa shape index (κ1) is 25.5. The minimum Gasteiger partial charge on any atom is -0.495 e. The van der Waals surface area contributed by atoms with Gasteiger partial charge in [0.25, 0.3) is 0 Å². The van der Waals surface area contributed by atoms with Crippen molar-refractivity contribution in [2.24, 2.45) is 0 Å². The number of benzene rings is 2. The molecule has 0 spiro atoms. The molecule has 0 bridgehead atoms. The molecule has 1 saturated heterocycles. The number of nitrogens with zero attached hydrogens (tertiary/aromatic N) is 2. The molecular formula is C25H31N3O5S. The largest absolute Gasteiger partial charge is 0.495 e. The van der Waals surface area contributed by atoms with Gasteiger partial charge in [-0.15, -0.1) is 0 Å². The van der Waals surface area contributed by atoms with Crippen LogP contribution in [-0.2, 0) is 26.0 Å². The van der Waals surface area contributed by atoms with Crippen molar-refractivity contribution in [3.63, 3.8) is 0 Å². The maximum absolute atomic E-state index is 12.6. The smallest absolute Gasteiger partial charge is 0.246 e. The third kappa shape index (κ3) is 6.68. The number of carbonyl (C=O) groups excluding carboxylic acids is 2. The quantitative estimate of drug-likeness (QED) is 0.550. The van der Waals surface area contributed by atoms with Crippen molar-refractivity contribution in [3.8, 4) is 5.75 Å². The zero-order valence-electron chi connectivity index (χ0n) is 19.6. The fraction of sp³-hybridized carbons (Fsp3) is 0.360. The van der Waals surface area contributed by atoms with E-state index in [1.54, 1.807) is 23.1 Å². The van der Waals surface area contributed by atoms with E-state index in [-0.39, 0.29) is 22.5 Å². The SMILES string of the molecule is CNS(=O)(=O)c1cc(/C=C/C(=O)N2CCN(C(=O)CCCc3ccccc3)CC2)ccc1OC. The average Bonchev–Trinajstić information content (AvgIpc) is 2.87. The Morgan fingerprint density at radius 1 is 1.03 bits per heavy atom. The Morgan fingerprint density at radius 3 is 2.35 bits per heavy atom. The van der Waals surface area contributed by atoms with Gasteiger partial charge in [-0.3, -0.25) is 9.59 Å². The molecule has 2 aromatic rings. The molecule has 1 aliphatic heterocycles. The van der Waals surface area contributed by atoms with Gasteiger partial charge in [-0.1, -0.05) is 36.4 Å². The van der Waals surface area contributed by atoms with Crippen molar-refractivity contribution in [3.05, 3.63) is 65.7 Å². The monoisotopic (exact) mass is 485 g/mol. The molecule has 2 amide bonds. The van der Waals surface area contributed by atoms with E-state index in [4.69, 9.17) is 4.74 Å². The number of carbonyl (C=O) groups is 2. The van der Waals surface area contributed by atoms with Crippen LogP contribution in [-0.4, -0.2) is 70.4 Å². The minimum atomic E-state index is -3.70. The maximum Gasteiger partial charge on any atom is 0.246 e. The summed E-state index contributed by atoms with van der Waals surface area (Å²) >= 11 is 0. The molecule has 1 fully saturated rings. The molecule has 0 radical (unpaired) electrons. The van der Waals surface area contributed by atoms with Crippen LogP contribution in [0.5, 0.6) is 5.75 Å². The predicted molar refractivity (Wildman–Crippen MR) is 131 cm³/mol. The average molecular weight is 486 g/mol. The van der Waals surface area contributed by atoms with Crippen molar-refractivity contribution in [1.82, 2.24) is 14.5 Å². The van der Waals surface area contributed by atoms with Crippen molar-refractivity contribution < 1.29 is 22.7 Å². The molecule has 34 heavy (non-hydrogen) atoms. The molecular weight excluding hydrogens is 454 g/mol. The van der Waals surface area contributed by atoms with Crippen LogP contribution in [0.3, 0.4) is 0 Å². The maximum atomic E-state index is 12.6. The summed E-state index contributed by atoms with van der Waals surface area (Å²) in [7, 11) is -0.974. The molecule has 3 rings (SSSR count). The van der Waals surface area contributed by atoms with Crippen molar-refractivity contribution in [2.75, 3.05) is 40.3 Å². The molecule has 1 N–H and O–H groups in total. The highest BCUT2D eigenvalue weighted by Crippen LogP contribution is 2.25. The van der Waals surface area contributed by atoms with E-state index in [2.05, 4.69) is 16.9 Å². The summed E-state index contributed by atoms with van der Waals surface area (Å²) in [6.45, 7) is 1.96. The fourth-order valence-corrected chi connectivity index (χ4v) is 4.74. The first-order chi connectivity index (χ1) is 16.3. The van der Waals surface area contributed by atoms with E-state index in [0.717, 1.165) is 12.8 Å². The summed E-state index contributed by atoms with van der Waals surface area (Å²) in [5.41, 5.74) is 1.79. The standard InChI is InChI=1S/C25H31N3O5S/c1-26-34(31,32)23-19-21(11-13-22(23)33-2)12-14-25(30)28-17-15-27(16-18-28)24(29)10-6-9-20-7-4-3-5-8-20/h3-5,7-8,11-14,19,26H,6,9-10,15-18H2,1-2H3/b14-12+. The number of hydrogen-bond acceptors (Lipinski definition) is 5. The molecule has 0 atom stereocenters. The number of methoxy groups -OCH3 is 1. The Balaban J connectivity index is 1.50. The Bertz CT molecular complexity index is 1120. The summed E-state index contributed by atoms with van der Waals surface area (Å²) in [5.74, 6) is 0.169. The van der Waals surface area contributed by atoms with Crippen molar-refractivity contribution in [1.29, 1.82) is 0 Å². The first-order valence-corrected chi connectivity index (χ1v) is 12.7. The highest BCUT2D eigenvalue weighted by molar-refractivity contribution is 7.89. The lowest BCUT2D eigenvalue weighted by molar-refractivity contribution is -0.137. The molecule has 0 aromatic heterocycles. The summed E-state index contributed by atoms with van der Waals surface area (Å²) in [5, 5.41) is 0. The van der Waals surface area contributed by atoms with E-state index >= 15 is 0 Å². The molecule has 0 unspecified atom stereocenters. The minimum absolute atomic E-state index is 0.00601. The van der Waals surface area contributed by atoms with Gasteiger partial charge in [0, 0.05) is 38.7 Å². The van der Waals surface area contributed by atoms with Crippen LogP contribution in [0.1, 0.15) is 24.0 Å².